The quantitative estimate of drug-likeness (QED) is 0.621. The molecule has 74 valence electrons. The standard InChI is InChI=1S/C8H12O5/c1-2-13-5-3-8(4-5,6(9)10)7(11)12/h5H,2-4H2,1H3,(H,9,10)(H,11,12). The van der Waals surface area contributed by atoms with Crippen molar-refractivity contribution in [3.63, 3.8) is 0 Å². The van der Waals surface area contributed by atoms with E-state index in [-0.39, 0.29) is 18.9 Å². The van der Waals surface area contributed by atoms with Crippen molar-refractivity contribution in [3.05, 3.63) is 0 Å². The molecule has 0 spiro atoms. The Labute approximate surface area is 75.3 Å². The zero-order valence-electron chi connectivity index (χ0n) is 7.32. The molecule has 0 aromatic carbocycles. The molecule has 1 rings (SSSR count). The fraction of sp³-hybridized carbons (Fsp3) is 0.750. The van der Waals surface area contributed by atoms with E-state index in [1.165, 1.54) is 0 Å². The number of ether oxygens (including phenoxy) is 1. The van der Waals surface area contributed by atoms with E-state index in [0.717, 1.165) is 0 Å². The lowest BCUT2D eigenvalue weighted by atomic mass is 9.66. The first-order chi connectivity index (χ1) is 6.03. The number of hydrogen-bond donors (Lipinski definition) is 2. The normalized spacial score (nSPS) is 20.7. The summed E-state index contributed by atoms with van der Waals surface area (Å²) in [6, 6.07) is 0. The van der Waals surface area contributed by atoms with Crippen LogP contribution in [0.5, 0.6) is 0 Å². The molecule has 5 heteroatoms. The topological polar surface area (TPSA) is 83.8 Å². The molecular weight excluding hydrogens is 176 g/mol. The van der Waals surface area contributed by atoms with E-state index in [1.54, 1.807) is 6.92 Å². The van der Waals surface area contributed by atoms with Crippen LogP contribution in [-0.4, -0.2) is 34.9 Å². The molecule has 0 heterocycles. The predicted octanol–water partition coefficient (Wildman–Crippen LogP) is 0.341. The Morgan fingerprint density at radius 1 is 1.38 bits per heavy atom. The van der Waals surface area contributed by atoms with Crippen molar-refractivity contribution in [1.82, 2.24) is 0 Å². The molecule has 1 aliphatic rings. The van der Waals surface area contributed by atoms with Crippen LogP contribution in [0.3, 0.4) is 0 Å². The van der Waals surface area contributed by atoms with E-state index >= 15 is 0 Å². The van der Waals surface area contributed by atoms with Crippen LogP contribution in [0.4, 0.5) is 0 Å². The largest absolute Gasteiger partial charge is 0.480 e. The maximum atomic E-state index is 10.7. The minimum absolute atomic E-state index is 0.0749. The third kappa shape index (κ3) is 1.51. The van der Waals surface area contributed by atoms with Crippen molar-refractivity contribution in [2.45, 2.75) is 25.9 Å². The van der Waals surface area contributed by atoms with Gasteiger partial charge in [0.1, 0.15) is 0 Å². The Balaban J connectivity index is 2.59. The van der Waals surface area contributed by atoms with Crippen LogP contribution in [0.1, 0.15) is 19.8 Å². The van der Waals surface area contributed by atoms with E-state index in [0.29, 0.717) is 6.61 Å². The van der Waals surface area contributed by atoms with Gasteiger partial charge in [0.2, 0.25) is 0 Å². The van der Waals surface area contributed by atoms with Gasteiger partial charge in [0.05, 0.1) is 6.10 Å². The lowest BCUT2D eigenvalue weighted by Gasteiger charge is -2.40. The molecule has 0 aromatic rings. The molecule has 0 aromatic heterocycles. The highest BCUT2D eigenvalue weighted by molar-refractivity contribution is 5.99. The zero-order valence-corrected chi connectivity index (χ0v) is 7.32. The summed E-state index contributed by atoms with van der Waals surface area (Å²) in [5.41, 5.74) is -1.60. The monoisotopic (exact) mass is 188 g/mol. The average molecular weight is 188 g/mol. The van der Waals surface area contributed by atoms with Gasteiger partial charge in [-0.05, 0) is 6.92 Å². The molecule has 2 N–H and O–H groups in total. The molecule has 0 unspecified atom stereocenters. The number of aliphatic carboxylic acids is 2. The van der Waals surface area contributed by atoms with Gasteiger partial charge in [0, 0.05) is 19.4 Å². The van der Waals surface area contributed by atoms with Crippen molar-refractivity contribution in [2.24, 2.45) is 5.41 Å². The molecule has 5 nitrogen and oxygen atoms in total. The second-order valence-corrected chi connectivity index (χ2v) is 3.18. The van der Waals surface area contributed by atoms with Crippen LogP contribution in [0, 0.1) is 5.41 Å². The van der Waals surface area contributed by atoms with E-state index < -0.39 is 17.4 Å². The predicted molar refractivity (Wildman–Crippen MR) is 42.4 cm³/mol. The average Bonchev–Trinajstić information content (AvgIpc) is 1.93. The van der Waals surface area contributed by atoms with Crippen LogP contribution < -0.4 is 0 Å². The van der Waals surface area contributed by atoms with E-state index in [1.807, 2.05) is 0 Å². The Morgan fingerprint density at radius 2 is 1.85 bits per heavy atom. The summed E-state index contributed by atoms with van der Waals surface area (Å²) in [7, 11) is 0. The summed E-state index contributed by atoms with van der Waals surface area (Å²) in [6.07, 6.45) is -0.0611. The first-order valence-corrected chi connectivity index (χ1v) is 4.11. The Bertz CT molecular complexity index is 213. The Morgan fingerprint density at radius 3 is 2.15 bits per heavy atom. The van der Waals surface area contributed by atoms with Crippen molar-refractivity contribution >= 4 is 11.9 Å². The zero-order chi connectivity index (χ0) is 10.1. The van der Waals surface area contributed by atoms with Crippen LogP contribution in [0.15, 0.2) is 0 Å². The summed E-state index contributed by atoms with van der Waals surface area (Å²) in [5.74, 6) is -2.54. The number of carboxylic acid groups (broad SMARTS) is 2. The SMILES string of the molecule is CCOC1CC(C(=O)O)(C(=O)O)C1. The minimum Gasteiger partial charge on any atom is -0.480 e. The number of hydrogen-bond acceptors (Lipinski definition) is 3. The highest BCUT2D eigenvalue weighted by atomic mass is 16.5. The molecule has 0 amide bonds. The second-order valence-electron chi connectivity index (χ2n) is 3.18. The number of rotatable bonds is 4. The van der Waals surface area contributed by atoms with Gasteiger partial charge >= 0.3 is 11.9 Å². The Hall–Kier alpha value is -1.10. The highest BCUT2D eigenvalue weighted by Gasteiger charge is 2.57. The lowest BCUT2D eigenvalue weighted by Crippen LogP contribution is -2.53. The molecule has 0 saturated heterocycles. The van der Waals surface area contributed by atoms with E-state index in [4.69, 9.17) is 14.9 Å². The van der Waals surface area contributed by atoms with Gasteiger partial charge in [-0.1, -0.05) is 0 Å². The van der Waals surface area contributed by atoms with Crippen LogP contribution in [0.25, 0.3) is 0 Å². The van der Waals surface area contributed by atoms with Gasteiger partial charge in [-0.15, -0.1) is 0 Å². The highest BCUT2D eigenvalue weighted by Crippen LogP contribution is 2.43. The van der Waals surface area contributed by atoms with Crippen LogP contribution in [0.2, 0.25) is 0 Å². The fourth-order valence-electron chi connectivity index (χ4n) is 1.51. The summed E-state index contributed by atoms with van der Waals surface area (Å²) in [6.45, 7) is 2.28. The van der Waals surface area contributed by atoms with Gasteiger partial charge in [-0.3, -0.25) is 9.59 Å². The smallest absolute Gasteiger partial charge is 0.321 e. The summed E-state index contributed by atoms with van der Waals surface area (Å²) < 4.78 is 5.11. The fourth-order valence-corrected chi connectivity index (χ4v) is 1.51. The minimum atomic E-state index is -1.60. The maximum Gasteiger partial charge on any atom is 0.321 e. The molecule has 1 aliphatic carbocycles. The van der Waals surface area contributed by atoms with Gasteiger partial charge in [0.25, 0.3) is 0 Å². The van der Waals surface area contributed by atoms with Crippen molar-refractivity contribution < 1.29 is 24.5 Å². The van der Waals surface area contributed by atoms with E-state index in [9.17, 15) is 9.59 Å². The second kappa shape index (κ2) is 3.33. The first-order valence-electron chi connectivity index (χ1n) is 4.11. The third-order valence-electron chi connectivity index (χ3n) is 2.37. The van der Waals surface area contributed by atoms with Gasteiger partial charge < -0.3 is 14.9 Å². The van der Waals surface area contributed by atoms with E-state index in [2.05, 4.69) is 0 Å². The lowest BCUT2D eigenvalue weighted by molar-refractivity contribution is -0.183. The molecule has 1 saturated carbocycles. The van der Waals surface area contributed by atoms with Crippen molar-refractivity contribution in [2.75, 3.05) is 6.61 Å². The molecule has 0 atom stereocenters. The molecular formula is C8H12O5. The number of carbonyl (C=O) groups is 2. The van der Waals surface area contributed by atoms with Gasteiger partial charge in [-0.25, -0.2) is 0 Å². The summed E-state index contributed by atoms with van der Waals surface area (Å²) in [5, 5.41) is 17.4. The first kappa shape index (κ1) is 9.98. The molecule has 0 bridgehead atoms. The van der Waals surface area contributed by atoms with Crippen LogP contribution >= 0.6 is 0 Å². The maximum absolute atomic E-state index is 10.7. The third-order valence-corrected chi connectivity index (χ3v) is 2.37. The number of carboxylic acids is 2. The van der Waals surface area contributed by atoms with Gasteiger partial charge in [0.15, 0.2) is 5.41 Å². The molecule has 0 aliphatic heterocycles. The van der Waals surface area contributed by atoms with Gasteiger partial charge in [-0.2, -0.15) is 0 Å². The van der Waals surface area contributed by atoms with Crippen molar-refractivity contribution in [1.29, 1.82) is 0 Å². The summed E-state index contributed by atoms with van der Waals surface area (Å²) >= 11 is 0. The molecule has 13 heavy (non-hydrogen) atoms. The van der Waals surface area contributed by atoms with Crippen LogP contribution in [-0.2, 0) is 14.3 Å². The Kier molecular flexibility index (Phi) is 2.56. The molecule has 0 radical (unpaired) electrons. The van der Waals surface area contributed by atoms with Crippen molar-refractivity contribution in [3.8, 4) is 0 Å². The summed E-state index contributed by atoms with van der Waals surface area (Å²) in [4.78, 5) is 21.3. The molecule has 1 fully saturated rings.